The van der Waals surface area contributed by atoms with E-state index in [2.05, 4.69) is 10.3 Å². The minimum absolute atomic E-state index is 0.00722. The Labute approximate surface area is 145 Å². The van der Waals surface area contributed by atoms with E-state index in [9.17, 15) is 9.59 Å². The lowest BCUT2D eigenvalue weighted by Gasteiger charge is -2.19. The number of carbonyl (C=O) groups excluding carboxylic acids is 2. The first-order valence-corrected chi connectivity index (χ1v) is 9.02. The number of hydrogen-bond donors (Lipinski definition) is 1. The molecule has 0 unspecified atom stereocenters. The molecule has 1 aliphatic rings. The number of thiazole rings is 1. The molecule has 0 atom stereocenters. The molecule has 0 aliphatic carbocycles. The Hall–Kier alpha value is -2.21. The summed E-state index contributed by atoms with van der Waals surface area (Å²) in [6.07, 6.45) is 2.68. The molecule has 0 spiro atoms. The van der Waals surface area contributed by atoms with Crippen LogP contribution < -0.4 is 10.2 Å². The third-order valence-corrected chi connectivity index (χ3v) is 5.26. The molecule has 1 aromatic heterocycles. The third-order valence-electron chi connectivity index (χ3n) is 4.27. The number of nitrogens with one attached hydrogen (secondary N) is 1. The number of carbonyl (C=O) groups is 2. The van der Waals surface area contributed by atoms with Gasteiger partial charge in [0.1, 0.15) is 0 Å². The Morgan fingerprint density at radius 1 is 1.38 bits per heavy atom. The van der Waals surface area contributed by atoms with Crippen LogP contribution in [-0.2, 0) is 16.0 Å². The molecule has 1 N–H and O–H groups in total. The van der Waals surface area contributed by atoms with Crippen molar-refractivity contribution >= 4 is 34.5 Å². The number of anilines is 2. The molecule has 0 bridgehead atoms. The van der Waals surface area contributed by atoms with Crippen molar-refractivity contribution in [3.8, 4) is 0 Å². The van der Waals surface area contributed by atoms with E-state index < -0.39 is 0 Å². The largest absolute Gasteiger partial charge is 0.326 e. The SMILES string of the molecule is Cc1cc(NC(=O)CCc2scnc2C)ccc1N1CCCC1=O. The van der Waals surface area contributed by atoms with Crippen molar-refractivity contribution in [2.45, 2.75) is 39.5 Å². The second kappa shape index (κ2) is 7.13. The molecule has 1 aliphatic heterocycles. The molecule has 0 saturated carbocycles. The Kier molecular flexibility index (Phi) is 4.94. The van der Waals surface area contributed by atoms with Crippen molar-refractivity contribution in [3.63, 3.8) is 0 Å². The molecule has 6 heteroatoms. The van der Waals surface area contributed by atoms with E-state index >= 15 is 0 Å². The van der Waals surface area contributed by atoms with Crippen LogP contribution in [-0.4, -0.2) is 23.3 Å². The summed E-state index contributed by atoms with van der Waals surface area (Å²) >= 11 is 1.59. The van der Waals surface area contributed by atoms with E-state index in [1.165, 1.54) is 0 Å². The van der Waals surface area contributed by atoms with Gasteiger partial charge in [0.2, 0.25) is 11.8 Å². The first kappa shape index (κ1) is 16.6. The number of aromatic nitrogens is 1. The highest BCUT2D eigenvalue weighted by atomic mass is 32.1. The maximum absolute atomic E-state index is 12.1. The highest BCUT2D eigenvalue weighted by Gasteiger charge is 2.23. The maximum atomic E-state index is 12.1. The lowest BCUT2D eigenvalue weighted by molar-refractivity contribution is -0.117. The van der Waals surface area contributed by atoms with Crippen molar-refractivity contribution in [2.75, 3.05) is 16.8 Å². The topological polar surface area (TPSA) is 62.3 Å². The van der Waals surface area contributed by atoms with Crippen molar-refractivity contribution in [2.24, 2.45) is 0 Å². The molecule has 3 rings (SSSR count). The van der Waals surface area contributed by atoms with Crippen molar-refractivity contribution in [1.82, 2.24) is 4.98 Å². The van der Waals surface area contributed by atoms with Gasteiger partial charge >= 0.3 is 0 Å². The van der Waals surface area contributed by atoms with Crippen LogP contribution in [0.2, 0.25) is 0 Å². The summed E-state index contributed by atoms with van der Waals surface area (Å²) in [7, 11) is 0. The smallest absolute Gasteiger partial charge is 0.227 e. The number of hydrogen-bond acceptors (Lipinski definition) is 4. The molecule has 1 fully saturated rings. The number of rotatable bonds is 5. The second-order valence-electron chi connectivity index (χ2n) is 6.06. The zero-order chi connectivity index (χ0) is 17.1. The second-order valence-corrected chi connectivity index (χ2v) is 7.00. The van der Waals surface area contributed by atoms with E-state index in [1.807, 2.05) is 42.5 Å². The molecule has 2 aromatic rings. The van der Waals surface area contributed by atoms with Crippen LogP contribution in [0.15, 0.2) is 23.7 Å². The number of amides is 2. The van der Waals surface area contributed by atoms with Gasteiger partial charge in [0.15, 0.2) is 0 Å². The van der Waals surface area contributed by atoms with E-state index in [4.69, 9.17) is 0 Å². The molecule has 2 amide bonds. The van der Waals surface area contributed by atoms with Gasteiger partial charge in [-0.3, -0.25) is 9.59 Å². The van der Waals surface area contributed by atoms with Gasteiger partial charge < -0.3 is 10.2 Å². The van der Waals surface area contributed by atoms with E-state index in [-0.39, 0.29) is 11.8 Å². The highest BCUT2D eigenvalue weighted by Crippen LogP contribution is 2.27. The molecule has 126 valence electrons. The predicted molar refractivity (Wildman–Crippen MR) is 96.6 cm³/mol. The first-order chi connectivity index (χ1) is 11.5. The number of nitrogens with zero attached hydrogens (tertiary/aromatic N) is 2. The average Bonchev–Trinajstić information content (AvgIpc) is 3.14. The first-order valence-electron chi connectivity index (χ1n) is 8.14. The monoisotopic (exact) mass is 343 g/mol. The van der Waals surface area contributed by atoms with Gasteiger partial charge in [-0.2, -0.15) is 0 Å². The zero-order valence-electron chi connectivity index (χ0n) is 14.0. The summed E-state index contributed by atoms with van der Waals surface area (Å²) < 4.78 is 0. The molecule has 5 nitrogen and oxygen atoms in total. The summed E-state index contributed by atoms with van der Waals surface area (Å²) in [4.78, 5) is 31.2. The van der Waals surface area contributed by atoms with Crippen molar-refractivity contribution in [3.05, 3.63) is 39.8 Å². The van der Waals surface area contributed by atoms with Gasteiger partial charge in [-0.25, -0.2) is 4.98 Å². The van der Waals surface area contributed by atoms with Gasteiger partial charge in [-0.1, -0.05) is 0 Å². The van der Waals surface area contributed by atoms with Gasteiger partial charge in [-0.05, 0) is 50.5 Å². The quantitative estimate of drug-likeness (QED) is 0.904. The summed E-state index contributed by atoms with van der Waals surface area (Å²) in [5, 5.41) is 2.94. The van der Waals surface area contributed by atoms with E-state index in [1.54, 1.807) is 11.3 Å². The van der Waals surface area contributed by atoms with Crippen LogP contribution in [0, 0.1) is 13.8 Å². The van der Waals surface area contributed by atoms with Crippen LogP contribution >= 0.6 is 11.3 Å². The molecule has 1 saturated heterocycles. The van der Waals surface area contributed by atoms with Crippen molar-refractivity contribution in [1.29, 1.82) is 0 Å². The minimum atomic E-state index is -0.00722. The predicted octanol–water partition coefficient (Wildman–Crippen LogP) is 3.46. The van der Waals surface area contributed by atoms with Gasteiger partial charge in [0.25, 0.3) is 0 Å². The standard InChI is InChI=1S/C18H21N3O2S/c1-12-10-14(5-6-15(12)21-9-3-4-18(21)23)20-17(22)8-7-16-13(2)19-11-24-16/h5-6,10-11H,3-4,7-9H2,1-2H3,(H,20,22). The zero-order valence-corrected chi connectivity index (χ0v) is 14.8. The van der Waals surface area contributed by atoms with E-state index in [0.29, 0.717) is 19.3 Å². The van der Waals surface area contributed by atoms with Gasteiger partial charge in [0.05, 0.1) is 11.2 Å². The molecule has 24 heavy (non-hydrogen) atoms. The Morgan fingerprint density at radius 2 is 2.21 bits per heavy atom. The van der Waals surface area contributed by atoms with Crippen LogP contribution in [0.3, 0.4) is 0 Å². The van der Waals surface area contributed by atoms with Gasteiger partial charge in [-0.15, -0.1) is 11.3 Å². The summed E-state index contributed by atoms with van der Waals surface area (Å²) in [5.74, 6) is 0.169. The third kappa shape index (κ3) is 3.64. The normalized spacial score (nSPS) is 14.2. The van der Waals surface area contributed by atoms with E-state index in [0.717, 1.165) is 40.5 Å². The average molecular weight is 343 g/mol. The number of benzene rings is 1. The van der Waals surface area contributed by atoms with Crippen molar-refractivity contribution < 1.29 is 9.59 Å². The van der Waals surface area contributed by atoms with Crippen LogP contribution in [0.4, 0.5) is 11.4 Å². The van der Waals surface area contributed by atoms with Crippen LogP contribution in [0.5, 0.6) is 0 Å². The maximum Gasteiger partial charge on any atom is 0.227 e. The summed E-state index contributed by atoms with van der Waals surface area (Å²) in [6, 6.07) is 5.71. The lowest BCUT2D eigenvalue weighted by atomic mass is 10.1. The summed E-state index contributed by atoms with van der Waals surface area (Å²) in [6.45, 7) is 4.71. The van der Waals surface area contributed by atoms with Crippen LogP contribution in [0.25, 0.3) is 0 Å². The fourth-order valence-electron chi connectivity index (χ4n) is 2.96. The Balaban J connectivity index is 1.61. The molecule has 2 heterocycles. The molecular formula is C18H21N3O2S. The molecule has 1 aromatic carbocycles. The Bertz CT molecular complexity index is 769. The highest BCUT2D eigenvalue weighted by molar-refractivity contribution is 7.09. The Morgan fingerprint density at radius 3 is 2.83 bits per heavy atom. The molecule has 0 radical (unpaired) electrons. The lowest BCUT2D eigenvalue weighted by Crippen LogP contribution is -2.24. The number of aryl methyl sites for hydroxylation is 3. The fourth-order valence-corrected chi connectivity index (χ4v) is 3.74. The van der Waals surface area contributed by atoms with Crippen LogP contribution in [0.1, 0.15) is 35.4 Å². The van der Waals surface area contributed by atoms with Gasteiger partial charge in [0, 0.05) is 35.6 Å². The summed E-state index contributed by atoms with van der Waals surface area (Å²) in [5.41, 5.74) is 5.53. The molecular weight excluding hydrogens is 322 g/mol. The fraction of sp³-hybridized carbons (Fsp3) is 0.389. The minimum Gasteiger partial charge on any atom is -0.326 e.